The Balaban J connectivity index is 1.56. The monoisotopic (exact) mass is 542 g/mol. The summed E-state index contributed by atoms with van der Waals surface area (Å²) in [4.78, 5) is 40.7. The third-order valence-electron chi connectivity index (χ3n) is 8.51. The molecule has 1 aromatic rings. The zero-order chi connectivity index (χ0) is 27.5. The largest absolute Gasteiger partial charge is 0.493 e. The molecule has 2 amide bonds. The van der Waals surface area contributed by atoms with Crippen LogP contribution in [0.4, 0.5) is 0 Å². The Morgan fingerprint density at radius 3 is 2.67 bits per heavy atom. The van der Waals surface area contributed by atoms with E-state index in [0.717, 1.165) is 25.7 Å². The topological polar surface area (TPSA) is 135 Å². The number of amides is 2. The number of nitrogens with zero attached hydrogens (tertiary/aromatic N) is 1. The van der Waals surface area contributed by atoms with Crippen molar-refractivity contribution < 1.29 is 38.8 Å². The van der Waals surface area contributed by atoms with Crippen LogP contribution in [0, 0.1) is 11.8 Å². The number of aldehydes is 1. The molecule has 0 spiro atoms. The van der Waals surface area contributed by atoms with Gasteiger partial charge in [0.05, 0.1) is 38.2 Å². The zero-order valence-electron chi connectivity index (χ0n) is 22.3. The summed E-state index contributed by atoms with van der Waals surface area (Å²) in [5, 5.41) is 23.9. The summed E-state index contributed by atoms with van der Waals surface area (Å²) in [7, 11) is 1.47. The highest BCUT2D eigenvalue weighted by Gasteiger charge is 2.52. The van der Waals surface area contributed by atoms with E-state index in [1.165, 1.54) is 13.5 Å². The fourth-order valence-corrected chi connectivity index (χ4v) is 6.53. The molecule has 1 aromatic carbocycles. The van der Waals surface area contributed by atoms with Crippen molar-refractivity contribution in [1.29, 1.82) is 0 Å². The van der Waals surface area contributed by atoms with Crippen molar-refractivity contribution in [2.24, 2.45) is 11.8 Å². The van der Waals surface area contributed by atoms with Crippen molar-refractivity contribution in [3.63, 3.8) is 0 Å². The number of aliphatic hydroxyl groups is 2. The van der Waals surface area contributed by atoms with Crippen LogP contribution in [0.25, 0.3) is 0 Å². The van der Waals surface area contributed by atoms with E-state index in [4.69, 9.17) is 14.2 Å². The molecule has 5 atom stereocenters. The third-order valence-corrected chi connectivity index (χ3v) is 8.51. The Labute approximate surface area is 228 Å². The second-order valence-corrected chi connectivity index (χ2v) is 11.0. The van der Waals surface area contributed by atoms with Crippen molar-refractivity contribution in [3.05, 3.63) is 34.9 Å². The van der Waals surface area contributed by atoms with Gasteiger partial charge in [0, 0.05) is 36.4 Å². The first-order valence-electron chi connectivity index (χ1n) is 14.0. The molecule has 4 aliphatic rings. The van der Waals surface area contributed by atoms with E-state index in [0.29, 0.717) is 66.6 Å². The fourth-order valence-electron chi connectivity index (χ4n) is 6.53. The summed E-state index contributed by atoms with van der Waals surface area (Å²) in [5.74, 6) is -0.461. The number of carbonyl (C=O) groups is 3. The van der Waals surface area contributed by atoms with Gasteiger partial charge in [-0.2, -0.15) is 0 Å². The fraction of sp³-hybridized carbons (Fsp3) is 0.621. The molecule has 0 aromatic heterocycles. The maximum atomic E-state index is 13.9. The number of nitrogens with one attached hydrogen (secondary N) is 1. The molecule has 0 radical (unpaired) electrons. The molecule has 10 heteroatoms. The highest BCUT2D eigenvalue weighted by Crippen LogP contribution is 2.51. The third kappa shape index (κ3) is 5.42. The Bertz CT molecular complexity index is 1110. The van der Waals surface area contributed by atoms with Crippen LogP contribution in [-0.4, -0.2) is 91.5 Å². The zero-order valence-corrected chi connectivity index (χ0v) is 22.3. The minimum atomic E-state index is -1.13. The van der Waals surface area contributed by atoms with Gasteiger partial charge >= 0.3 is 0 Å². The molecule has 39 heavy (non-hydrogen) atoms. The molecule has 5 rings (SSSR count). The van der Waals surface area contributed by atoms with Gasteiger partial charge in [0.25, 0.3) is 0 Å². The number of hydrogen-bond acceptors (Lipinski definition) is 8. The molecular weight excluding hydrogens is 504 g/mol. The Morgan fingerprint density at radius 1 is 1.21 bits per heavy atom. The lowest BCUT2D eigenvalue weighted by Gasteiger charge is -2.43. The van der Waals surface area contributed by atoms with E-state index >= 15 is 0 Å². The Hall–Kier alpha value is -2.95. The first-order chi connectivity index (χ1) is 19.0. The van der Waals surface area contributed by atoms with Crippen molar-refractivity contribution in [3.8, 4) is 11.5 Å². The van der Waals surface area contributed by atoms with E-state index in [2.05, 4.69) is 5.32 Å². The van der Waals surface area contributed by atoms with Gasteiger partial charge in [-0.3, -0.25) is 14.4 Å². The molecule has 2 aliphatic carbocycles. The highest BCUT2D eigenvalue weighted by molar-refractivity contribution is 5.96. The van der Waals surface area contributed by atoms with Crippen molar-refractivity contribution in [2.45, 2.75) is 62.7 Å². The van der Waals surface area contributed by atoms with E-state index in [1.54, 1.807) is 23.1 Å². The smallest absolute Gasteiger partial charge is 0.247 e. The maximum absolute atomic E-state index is 13.9. The van der Waals surface area contributed by atoms with Crippen LogP contribution in [-0.2, 0) is 14.3 Å². The summed E-state index contributed by atoms with van der Waals surface area (Å²) in [6, 6.07) is 2.42. The Kier molecular flexibility index (Phi) is 8.54. The van der Waals surface area contributed by atoms with Gasteiger partial charge in [0.1, 0.15) is 18.5 Å². The average molecular weight is 543 g/mol. The highest BCUT2D eigenvalue weighted by atomic mass is 16.5. The normalized spacial score (nSPS) is 28.1. The van der Waals surface area contributed by atoms with Gasteiger partial charge in [-0.1, -0.05) is 19.3 Å². The summed E-state index contributed by atoms with van der Waals surface area (Å²) in [5.41, 5.74) is 1.26. The predicted molar refractivity (Wildman–Crippen MR) is 141 cm³/mol. The van der Waals surface area contributed by atoms with Crippen LogP contribution in [0.3, 0.4) is 0 Å². The number of rotatable bonds is 9. The van der Waals surface area contributed by atoms with Crippen LogP contribution in [0.5, 0.6) is 11.5 Å². The van der Waals surface area contributed by atoms with Gasteiger partial charge in [-0.05, 0) is 43.4 Å². The van der Waals surface area contributed by atoms with Crippen molar-refractivity contribution in [1.82, 2.24) is 10.2 Å². The quantitative estimate of drug-likeness (QED) is 0.401. The predicted octanol–water partition coefficient (Wildman–Crippen LogP) is 1.58. The number of carbonyl (C=O) groups excluding carboxylic acids is 3. The molecule has 2 fully saturated rings. The van der Waals surface area contributed by atoms with Crippen LogP contribution in [0.2, 0.25) is 0 Å². The van der Waals surface area contributed by atoms with Gasteiger partial charge in [0.15, 0.2) is 11.5 Å². The maximum Gasteiger partial charge on any atom is 0.247 e. The average Bonchev–Trinajstić information content (AvgIpc) is 3.64. The summed E-state index contributed by atoms with van der Waals surface area (Å²) in [6.07, 6.45) is 6.44. The standard InChI is InChI=1S/C29H38N2O8/c1-37-23-12-18(15-33)11-20-24-21(28(35)30-8-9-32)13-22(25(34)27(24)39-26(20)23)31(14-17-5-3-2-4-6-17)29(36)19-7-10-38-16-19/h11-13,15,17,19,22,24-25,27,32,34H,2-10,14,16H2,1H3,(H,30,35)/t19?,22-,24+,25+,27+/m1/s1. The molecule has 1 saturated carbocycles. The summed E-state index contributed by atoms with van der Waals surface area (Å²) < 4.78 is 17.3. The van der Waals surface area contributed by atoms with Gasteiger partial charge in [-0.15, -0.1) is 0 Å². The van der Waals surface area contributed by atoms with Crippen molar-refractivity contribution >= 4 is 18.1 Å². The summed E-state index contributed by atoms with van der Waals surface area (Å²) >= 11 is 0. The molecule has 212 valence electrons. The number of benzene rings is 1. The number of methoxy groups -OCH3 is 1. The lowest BCUT2D eigenvalue weighted by molar-refractivity contribution is -0.142. The van der Waals surface area contributed by atoms with E-state index in [1.807, 2.05) is 0 Å². The number of hydrogen-bond donors (Lipinski definition) is 3. The lowest BCUT2D eigenvalue weighted by Crippen LogP contribution is -2.57. The molecule has 1 unspecified atom stereocenters. The van der Waals surface area contributed by atoms with Crippen LogP contribution in [0.1, 0.15) is 60.4 Å². The van der Waals surface area contributed by atoms with Gasteiger partial charge < -0.3 is 34.6 Å². The van der Waals surface area contributed by atoms with Crippen LogP contribution < -0.4 is 14.8 Å². The van der Waals surface area contributed by atoms with Crippen LogP contribution in [0.15, 0.2) is 23.8 Å². The van der Waals surface area contributed by atoms with Gasteiger partial charge in [-0.25, -0.2) is 0 Å². The SMILES string of the molecule is COc1cc(C=O)cc2c1O[C@@H]1[C@@H](O)[C@H](N(CC3CCCCC3)C(=O)C3CCOC3)C=C(C(=O)NCCO)[C@H]21. The second kappa shape index (κ2) is 12.1. The molecule has 2 heterocycles. The van der Waals surface area contributed by atoms with E-state index < -0.39 is 30.1 Å². The second-order valence-electron chi connectivity index (χ2n) is 11.0. The van der Waals surface area contributed by atoms with Crippen molar-refractivity contribution in [2.75, 3.05) is 40.0 Å². The molecule has 0 bridgehead atoms. The molecule has 2 aliphatic heterocycles. The number of fused-ring (bicyclic) bond motifs is 3. The summed E-state index contributed by atoms with van der Waals surface area (Å²) in [6.45, 7) is 1.17. The minimum absolute atomic E-state index is 0.0519. The number of ether oxygens (including phenoxy) is 3. The first-order valence-corrected chi connectivity index (χ1v) is 14.0. The van der Waals surface area contributed by atoms with E-state index in [9.17, 15) is 24.6 Å². The minimum Gasteiger partial charge on any atom is -0.493 e. The molecule has 1 saturated heterocycles. The Morgan fingerprint density at radius 2 is 2.00 bits per heavy atom. The molecule has 10 nitrogen and oxygen atoms in total. The van der Waals surface area contributed by atoms with Gasteiger partial charge in [0.2, 0.25) is 11.8 Å². The first kappa shape index (κ1) is 27.6. The van der Waals surface area contributed by atoms with Crippen LogP contribution >= 0.6 is 0 Å². The van der Waals surface area contributed by atoms with E-state index in [-0.39, 0.29) is 25.0 Å². The lowest BCUT2D eigenvalue weighted by atomic mass is 9.76. The number of aliphatic hydroxyl groups excluding tert-OH is 2. The molecule has 3 N–H and O–H groups in total. The molecular formula is C29H38N2O8.